The Balaban J connectivity index is 2.94. The van der Waals surface area contributed by atoms with E-state index in [4.69, 9.17) is 0 Å². The third-order valence-electron chi connectivity index (χ3n) is 2.70. The van der Waals surface area contributed by atoms with Gasteiger partial charge in [-0.3, -0.25) is 0 Å². The Labute approximate surface area is 86.2 Å². The average Bonchev–Trinajstić information content (AvgIpc) is 2.18. The summed E-state index contributed by atoms with van der Waals surface area (Å²) in [7, 11) is 3.89. The summed E-state index contributed by atoms with van der Waals surface area (Å²) in [4.78, 5) is 10.5. The van der Waals surface area contributed by atoms with Crippen molar-refractivity contribution in [1.29, 1.82) is 0 Å². The number of anilines is 1. The summed E-state index contributed by atoms with van der Waals surface area (Å²) in [6, 6.07) is 0. The van der Waals surface area contributed by atoms with Crippen LogP contribution >= 0.6 is 0 Å². The molecule has 1 aromatic heterocycles. The van der Waals surface area contributed by atoms with E-state index in [0.717, 1.165) is 12.4 Å². The van der Waals surface area contributed by atoms with E-state index in [9.17, 15) is 0 Å². The van der Waals surface area contributed by atoms with Gasteiger partial charge in [-0.15, -0.1) is 0 Å². The van der Waals surface area contributed by atoms with Gasteiger partial charge in [-0.25, -0.2) is 9.97 Å². The van der Waals surface area contributed by atoms with Gasteiger partial charge in [0.05, 0.1) is 0 Å². The third kappa shape index (κ3) is 2.22. The predicted octanol–water partition coefficient (Wildman–Crippen LogP) is 2.23. The summed E-state index contributed by atoms with van der Waals surface area (Å²) in [5, 5.41) is 0. The second-order valence-corrected chi connectivity index (χ2v) is 4.40. The van der Waals surface area contributed by atoms with Gasteiger partial charge >= 0.3 is 0 Å². The van der Waals surface area contributed by atoms with Crippen LogP contribution in [0.5, 0.6) is 0 Å². The molecule has 0 amide bonds. The lowest BCUT2D eigenvalue weighted by Crippen LogP contribution is -2.18. The van der Waals surface area contributed by atoms with Crippen LogP contribution in [0.15, 0.2) is 12.4 Å². The molecular formula is C11H19N3. The number of nitrogens with zero attached hydrogens (tertiary/aromatic N) is 3. The summed E-state index contributed by atoms with van der Waals surface area (Å²) < 4.78 is 0. The first-order valence-electron chi connectivity index (χ1n) is 4.97. The molecule has 0 fully saturated rings. The maximum atomic E-state index is 4.31. The minimum atomic E-state index is 0.171. The van der Waals surface area contributed by atoms with Crippen LogP contribution in [-0.2, 0) is 5.41 Å². The molecule has 3 heteroatoms. The molecule has 0 aliphatic carbocycles. The highest BCUT2D eigenvalue weighted by Gasteiger charge is 2.18. The molecular weight excluding hydrogens is 174 g/mol. The van der Waals surface area contributed by atoms with Crippen molar-refractivity contribution in [2.24, 2.45) is 0 Å². The average molecular weight is 193 g/mol. The molecule has 0 atom stereocenters. The van der Waals surface area contributed by atoms with E-state index in [-0.39, 0.29) is 5.41 Å². The van der Waals surface area contributed by atoms with Crippen LogP contribution < -0.4 is 4.90 Å². The Kier molecular flexibility index (Phi) is 3.09. The Bertz CT molecular complexity index is 288. The lowest BCUT2D eigenvalue weighted by molar-refractivity contribution is 0.502. The quantitative estimate of drug-likeness (QED) is 0.737. The molecule has 0 bridgehead atoms. The van der Waals surface area contributed by atoms with Gasteiger partial charge in [-0.05, 0) is 17.4 Å². The zero-order valence-corrected chi connectivity index (χ0v) is 9.70. The first-order valence-corrected chi connectivity index (χ1v) is 4.97. The first-order chi connectivity index (χ1) is 6.47. The van der Waals surface area contributed by atoms with Crippen LogP contribution in [0, 0.1) is 0 Å². The molecule has 0 radical (unpaired) electrons. The monoisotopic (exact) mass is 193 g/mol. The van der Waals surface area contributed by atoms with Crippen LogP contribution in [-0.4, -0.2) is 24.1 Å². The molecule has 0 saturated carbocycles. The minimum Gasteiger partial charge on any atom is -0.347 e. The number of rotatable bonds is 3. The standard InChI is InChI=1S/C11H19N3/c1-6-11(2,3)9-7-12-10(13-8-9)14(4)5/h7-8H,6H2,1-5H3. The van der Waals surface area contributed by atoms with Gasteiger partial charge in [0.1, 0.15) is 0 Å². The summed E-state index contributed by atoms with van der Waals surface area (Å²) in [6.45, 7) is 6.60. The van der Waals surface area contributed by atoms with Crippen LogP contribution in [0.1, 0.15) is 32.8 Å². The Morgan fingerprint density at radius 3 is 2.07 bits per heavy atom. The highest BCUT2D eigenvalue weighted by molar-refractivity contribution is 5.28. The van der Waals surface area contributed by atoms with Gasteiger partial charge in [0.15, 0.2) is 0 Å². The summed E-state index contributed by atoms with van der Waals surface area (Å²) in [6.07, 6.45) is 4.94. The summed E-state index contributed by atoms with van der Waals surface area (Å²) in [5.41, 5.74) is 1.37. The van der Waals surface area contributed by atoms with Crippen LogP contribution in [0.25, 0.3) is 0 Å². The smallest absolute Gasteiger partial charge is 0.224 e. The van der Waals surface area contributed by atoms with Crippen molar-refractivity contribution in [3.05, 3.63) is 18.0 Å². The van der Waals surface area contributed by atoms with E-state index in [0.29, 0.717) is 0 Å². The fraction of sp³-hybridized carbons (Fsp3) is 0.636. The Morgan fingerprint density at radius 2 is 1.71 bits per heavy atom. The molecule has 3 nitrogen and oxygen atoms in total. The molecule has 0 aliphatic rings. The van der Waals surface area contributed by atoms with E-state index in [1.807, 2.05) is 31.4 Å². The topological polar surface area (TPSA) is 29.0 Å². The van der Waals surface area contributed by atoms with Gasteiger partial charge < -0.3 is 4.90 Å². The molecule has 0 spiro atoms. The predicted molar refractivity (Wildman–Crippen MR) is 59.7 cm³/mol. The molecule has 1 aromatic rings. The van der Waals surface area contributed by atoms with Crippen molar-refractivity contribution >= 4 is 5.95 Å². The number of hydrogen-bond acceptors (Lipinski definition) is 3. The molecule has 1 rings (SSSR count). The molecule has 0 aliphatic heterocycles. The number of hydrogen-bond donors (Lipinski definition) is 0. The van der Waals surface area contributed by atoms with E-state index in [1.54, 1.807) is 0 Å². The second kappa shape index (κ2) is 3.95. The van der Waals surface area contributed by atoms with E-state index >= 15 is 0 Å². The first kappa shape index (κ1) is 11.0. The van der Waals surface area contributed by atoms with E-state index in [2.05, 4.69) is 30.7 Å². The van der Waals surface area contributed by atoms with Crippen LogP contribution in [0.2, 0.25) is 0 Å². The third-order valence-corrected chi connectivity index (χ3v) is 2.70. The normalized spacial score (nSPS) is 11.5. The van der Waals surface area contributed by atoms with Crippen molar-refractivity contribution in [1.82, 2.24) is 9.97 Å². The van der Waals surface area contributed by atoms with Gasteiger partial charge in [-0.2, -0.15) is 0 Å². The van der Waals surface area contributed by atoms with Crippen molar-refractivity contribution < 1.29 is 0 Å². The van der Waals surface area contributed by atoms with Crippen molar-refractivity contribution in [2.45, 2.75) is 32.6 Å². The van der Waals surface area contributed by atoms with Crippen molar-refractivity contribution in [3.8, 4) is 0 Å². The van der Waals surface area contributed by atoms with Crippen LogP contribution in [0.4, 0.5) is 5.95 Å². The lowest BCUT2D eigenvalue weighted by atomic mass is 9.84. The van der Waals surface area contributed by atoms with Gasteiger partial charge in [-0.1, -0.05) is 20.8 Å². The molecule has 0 aromatic carbocycles. The molecule has 0 saturated heterocycles. The maximum absolute atomic E-state index is 4.31. The molecule has 1 heterocycles. The molecule has 0 N–H and O–H groups in total. The summed E-state index contributed by atoms with van der Waals surface area (Å²) in [5.74, 6) is 0.764. The van der Waals surface area contributed by atoms with E-state index < -0.39 is 0 Å². The van der Waals surface area contributed by atoms with E-state index in [1.165, 1.54) is 5.56 Å². The lowest BCUT2D eigenvalue weighted by Gasteiger charge is -2.22. The fourth-order valence-corrected chi connectivity index (χ4v) is 1.11. The van der Waals surface area contributed by atoms with Gasteiger partial charge in [0, 0.05) is 26.5 Å². The SMILES string of the molecule is CCC(C)(C)c1cnc(N(C)C)nc1. The second-order valence-electron chi connectivity index (χ2n) is 4.40. The van der Waals surface area contributed by atoms with Crippen LogP contribution in [0.3, 0.4) is 0 Å². The van der Waals surface area contributed by atoms with Gasteiger partial charge in [0.2, 0.25) is 5.95 Å². The largest absolute Gasteiger partial charge is 0.347 e. The Hall–Kier alpha value is -1.12. The highest BCUT2D eigenvalue weighted by atomic mass is 15.2. The molecule has 0 unspecified atom stereocenters. The molecule has 14 heavy (non-hydrogen) atoms. The van der Waals surface area contributed by atoms with Crippen molar-refractivity contribution in [2.75, 3.05) is 19.0 Å². The van der Waals surface area contributed by atoms with Gasteiger partial charge in [0.25, 0.3) is 0 Å². The molecule has 78 valence electrons. The van der Waals surface area contributed by atoms with Crippen molar-refractivity contribution in [3.63, 3.8) is 0 Å². The summed E-state index contributed by atoms with van der Waals surface area (Å²) >= 11 is 0. The minimum absolute atomic E-state index is 0.171. The zero-order chi connectivity index (χ0) is 10.8. The highest BCUT2D eigenvalue weighted by Crippen LogP contribution is 2.25. The maximum Gasteiger partial charge on any atom is 0.224 e. The fourth-order valence-electron chi connectivity index (χ4n) is 1.11. The Morgan fingerprint density at radius 1 is 1.21 bits per heavy atom. The number of aromatic nitrogens is 2. The zero-order valence-electron chi connectivity index (χ0n) is 9.70.